The summed E-state index contributed by atoms with van der Waals surface area (Å²) in [7, 11) is 0. The summed E-state index contributed by atoms with van der Waals surface area (Å²) in [5.41, 5.74) is 10.9. The molecule has 0 spiro atoms. The van der Waals surface area contributed by atoms with Crippen molar-refractivity contribution in [3.63, 3.8) is 0 Å². The average molecular weight is 247 g/mol. The highest BCUT2D eigenvalue weighted by atomic mass is 19.1. The molecule has 0 saturated carbocycles. The first-order chi connectivity index (χ1) is 8.52. The molecule has 4 heteroatoms. The number of nitrogens with two attached hydrogens (primary N) is 1. The molecule has 0 radical (unpaired) electrons. The topological polar surface area (TPSA) is 43.8 Å². The van der Waals surface area contributed by atoms with E-state index in [9.17, 15) is 4.39 Å². The van der Waals surface area contributed by atoms with Gasteiger partial charge in [0.2, 0.25) is 0 Å². The van der Waals surface area contributed by atoms with Gasteiger partial charge in [-0.3, -0.25) is 4.68 Å². The molecule has 0 aliphatic rings. The molecule has 0 fully saturated rings. The molecule has 2 rings (SSSR count). The number of halogens is 1. The Morgan fingerprint density at radius 3 is 2.50 bits per heavy atom. The molecule has 0 aliphatic heterocycles. The summed E-state index contributed by atoms with van der Waals surface area (Å²) < 4.78 is 15.1. The first-order valence-electron chi connectivity index (χ1n) is 6.01. The predicted molar refractivity (Wildman–Crippen MR) is 69.8 cm³/mol. The highest BCUT2D eigenvalue weighted by Gasteiger charge is 2.09. The molecular formula is C14H18FN3. The van der Waals surface area contributed by atoms with Crippen molar-refractivity contribution in [1.29, 1.82) is 0 Å². The van der Waals surface area contributed by atoms with Gasteiger partial charge in [0.1, 0.15) is 5.82 Å². The van der Waals surface area contributed by atoms with Crippen molar-refractivity contribution >= 4 is 0 Å². The first kappa shape index (κ1) is 12.8. The van der Waals surface area contributed by atoms with Crippen LogP contribution in [0.1, 0.15) is 28.1 Å². The fourth-order valence-corrected chi connectivity index (χ4v) is 2.04. The molecule has 0 saturated heterocycles. The fourth-order valence-electron chi connectivity index (χ4n) is 2.04. The molecule has 0 aliphatic carbocycles. The molecule has 18 heavy (non-hydrogen) atoms. The summed E-state index contributed by atoms with van der Waals surface area (Å²) in [5, 5.41) is 4.48. The number of aryl methyl sites for hydroxylation is 1. The van der Waals surface area contributed by atoms with Crippen LogP contribution in [-0.4, -0.2) is 9.78 Å². The molecule has 2 N–H and O–H groups in total. The molecule has 0 amide bonds. The van der Waals surface area contributed by atoms with E-state index in [0.29, 0.717) is 13.1 Å². The predicted octanol–water partition coefficient (Wildman–Crippen LogP) is 2.45. The Kier molecular flexibility index (Phi) is 3.48. The summed E-state index contributed by atoms with van der Waals surface area (Å²) in [4.78, 5) is 0. The average Bonchev–Trinajstić information content (AvgIpc) is 2.59. The van der Waals surface area contributed by atoms with Gasteiger partial charge in [0.15, 0.2) is 0 Å². The minimum absolute atomic E-state index is 0.247. The maximum absolute atomic E-state index is 13.1. The maximum Gasteiger partial charge on any atom is 0.123 e. The van der Waals surface area contributed by atoms with Crippen molar-refractivity contribution in [2.24, 2.45) is 5.73 Å². The van der Waals surface area contributed by atoms with Crippen molar-refractivity contribution in [1.82, 2.24) is 9.78 Å². The summed E-state index contributed by atoms with van der Waals surface area (Å²) >= 11 is 0. The van der Waals surface area contributed by atoms with Crippen LogP contribution in [0, 0.1) is 26.6 Å². The van der Waals surface area contributed by atoms with Gasteiger partial charge in [0, 0.05) is 12.2 Å². The molecule has 2 aromatic rings. The lowest BCUT2D eigenvalue weighted by Gasteiger charge is -2.09. The van der Waals surface area contributed by atoms with E-state index in [1.54, 1.807) is 6.07 Å². The number of aromatic nitrogens is 2. The third-order valence-electron chi connectivity index (χ3n) is 3.45. The van der Waals surface area contributed by atoms with Gasteiger partial charge in [-0.2, -0.15) is 5.10 Å². The van der Waals surface area contributed by atoms with Gasteiger partial charge in [-0.05, 0) is 49.6 Å². The molecule has 0 bridgehead atoms. The zero-order chi connectivity index (χ0) is 13.3. The Hall–Kier alpha value is -1.68. The van der Waals surface area contributed by atoms with E-state index >= 15 is 0 Å². The lowest BCUT2D eigenvalue weighted by atomic mass is 10.1. The van der Waals surface area contributed by atoms with E-state index in [2.05, 4.69) is 12.0 Å². The molecule has 1 aromatic heterocycles. The molecule has 96 valence electrons. The third kappa shape index (κ3) is 2.29. The van der Waals surface area contributed by atoms with E-state index in [-0.39, 0.29) is 5.82 Å². The van der Waals surface area contributed by atoms with Crippen molar-refractivity contribution in [2.45, 2.75) is 33.9 Å². The summed E-state index contributed by atoms with van der Waals surface area (Å²) in [6.45, 7) is 7.07. The lowest BCUT2D eigenvalue weighted by molar-refractivity contribution is 0.617. The summed E-state index contributed by atoms with van der Waals surface area (Å²) in [6, 6.07) is 4.74. The van der Waals surface area contributed by atoms with Crippen LogP contribution in [0.4, 0.5) is 4.39 Å². The van der Waals surface area contributed by atoms with E-state index in [4.69, 9.17) is 5.73 Å². The Balaban J connectivity index is 2.36. The first-order valence-corrected chi connectivity index (χ1v) is 6.01. The highest BCUT2D eigenvalue weighted by molar-refractivity contribution is 5.29. The Morgan fingerprint density at radius 1 is 1.22 bits per heavy atom. The van der Waals surface area contributed by atoms with Crippen LogP contribution in [0.2, 0.25) is 0 Å². The quantitative estimate of drug-likeness (QED) is 0.905. The molecule has 1 aromatic carbocycles. The molecule has 1 heterocycles. The van der Waals surface area contributed by atoms with Crippen LogP contribution in [0.5, 0.6) is 0 Å². The number of hydrogen-bond donors (Lipinski definition) is 1. The van der Waals surface area contributed by atoms with Crippen molar-refractivity contribution < 1.29 is 4.39 Å². The van der Waals surface area contributed by atoms with Gasteiger partial charge >= 0.3 is 0 Å². The van der Waals surface area contributed by atoms with Crippen LogP contribution in [0.15, 0.2) is 18.2 Å². The standard InChI is InChI=1S/C14H18FN3/c1-9-10(2)17-18(11(9)3)8-12-4-5-14(15)6-13(12)7-16/h4-6H,7-8,16H2,1-3H3. The summed E-state index contributed by atoms with van der Waals surface area (Å²) in [5.74, 6) is -0.247. The lowest BCUT2D eigenvalue weighted by Crippen LogP contribution is -2.09. The Labute approximate surface area is 106 Å². The second-order valence-electron chi connectivity index (χ2n) is 4.57. The van der Waals surface area contributed by atoms with Gasteiger partial charge in [-0.1, -0.05) is 6.07 Å². The van der Waals surface area contributed by atoms with Gasteiger partial charge in [0.25, 0.3) is 0 Å². The molecule has 0 unspecified atom stereocenters. The van der Waals surface area contributed by atoms with Crippen LogP contribution in [0.3, 0.4) is 0 Å². The van der Waals surface area contributed by atoms with Crippen molar-refractivity contribution in [3.05, 3.63) is 52.1 Å². The monoisotopic (exact) mass is 247 g/mol. The van der Waals surface area contributed by atoms with Gasteiger partial charge in [-0.25, -0.2) is 4.39 Å². The zero-order valence-electron chi connectivity index (χ0n) is 11.0. The van der Waals surface area contributed by atoms with Crippen molar-refractivity contribution in [2.75, 3.05) is 0 Å². The van der Waals surface area contributed by atoms with Crippen molar-refractivity contribution in [3.8, 4) is 0 Å². The minimum atomic E-state index is -0.247. The normalized spacial score (nSPS) is 10.9. The van der Waals surface area contributed by atoms with Crippen LogP contribution >= 0.6 is 0 Å². The van der Waals surface area contributed by atoms with Gasteiger partial charge < -0.3 is 5.73 Å². The second kappa shape index (κ2) is 4.90. The van der Waals surface area contributed by atoms with E-state index in [1.165, 1.54) is 17.7 Å². The summed E-state index contributed by atoms with van der Waals surface area (Å²) in [6.07, 6.45) is 0. The molecule has 3 nitrogen and oxygen atoms in total. The van der Waals surface area contributed by atoms with E-state index in [0.717, 1.165) is 22.5 Å². The van der Waals surface area contributed by atoms with Gasteiger partial charge in [0.05, 0.1) is 12.2 Å². The second-order valence-corrected chi connectivity index (χ2v) is 4.57. The molecule has 0 atom stereocenters. The maximum atomic E-state index is 13.1. The van der Waals surface area contributed by atoms with E-state index < -0.39 is 0 Å². The minimum Gasteiger partial charge on any atom is -0.326 e. The number of nitrogens with zero attached hydrogens (tertiary/aromatic N) is 2. The largest absolute Gasteiger partial charge is 0.326 e. The Bertz CT molecular complexity index is 573. The SMILES string of the molecule is Cc1nn(Cc2ccc(F)cc2CN)c(C)c1C. The third-order valence-corrected chi connectivity index (χ3v) is 3.45. The van der Waals surface area contributed by atoms with E-state index in [1.807, 2.05) is 18.5 Å². The Morgan fingerprint density at radius 2 is 1.94 bits per heavy atom. The molecular weight excluding hydrogens is 229 g/mol. The highest BCUT2D eigenvalue weighted by Crippen LogP contribution is 2.16. The smallest absolute Gasteiger partial charge is 0.123 e. The van der Waals surface area contributed by atoms with Crippen LogP contribution in [-0.2, 0) is 13.1 Å². The number of hydrogen-bond acceptors (Lipinski definition) is 2. The van der Waals surface area contributed by atoms with Crippen LogP contribution < -0.4 is 5.73 Å². The zero-order valence-corrected chi connectivity index (χ0v) is 11.0. The fraction of sp³-hybridized carbons (Fsp3) is 0.357. The van der Waals surface area contributed by atoms with Gasteiger partial charge in [-0.15, -0.1) is 0 Å². The van der Waals surface area contributed by atoms with Crippen LogP contribution in [0.25, 0.3) is 0 Å². The number of benzene rings is 1. The number of rotatable bonds is 3.